The monoisotopic (exact) mass is 148 g/mol. The highest BCUT2D eigenvalue weighted by molar-refractivity contribution is 6.00. The predicted octanol–water partition coefficient (Wildman–Crippen LogP) is 1.42. The van der Waals surface area contributed by atoms with Crippen LogP contribution in [0.1, 0.15) is 6.92 Å². The molecule has 0 bridgehead atoms. The first-order valence-electron chi connectivity index (χ1n) is 3.92. The van der Waals surface area contributed by atoms with Crippen molar-refractivity contribution in [3.8, 4) is 0 Å². The highest BCUT2D eigenvalue weighted by Crippen LogP contribution is 2.23. The van der Waals surface area contributed by atoms with Crippen molar-refractivity contribution in [1.82, 2.24) is 5.01 Å². The van der Waals surface area contributed by atoms with Gasteiger partial charge in [0, 0.05) is 19.5 Å². The lowest BCUT2D eigenvalue weighted by atomic mass is 9.92. The molecule has 0 aromatic heterocycles. The number of hydrogen-bond acceptors (Lipinski definition) is 2. The lowest BCUT2D eigenvalue weighted by Gasteiger charge is -2.13. The first-order valence-corrected chi connectivity index (χ1v) is 3.92. The molecule has 1 aliphatic carbocycles. The summed E-state index contributed by atoms with van der Waals surface area (Å²) in [6.07, 6.45) is 6.34. The van der Waals surface area contributed by atoms with Crippen LogP contribution in [0, 0.1) is 5.92 Å². The summed E-state index contributed by atoms with van der Waals surface area (Å²) in [7, 11) is 2.02. The second kappa shape index (κ2) is 2.22. The van der Waals surface area contributed by atoms with Crippen molar-refractivity contribution in [3.05, 3.63) is 23.8 Å². The van der Waals surface area contributed by atoms with E-state index in [-0.39, 0.29) is 0 Å². The number of nitrogens with zero attached hydrogens (tertiary/aromatic N) is 2. The van der Waals surface area contributed by atoms with Gasteiger partial charge in [-0.1, -0.05) is 17.7 Å². The summed E-state index contributed by atoms with van der Waals surface area (Å²) in [6, 6.07) is 0. The number of hydrazone groups is 1. The smallest absolute Gasteiger partial charge is 0.0695 e. The maximum atomic E-state index is 4.38. The fourth-order valence-corrected chi connectivity index (χ4v) is 1.61. The topological polar surface area (TPSA) is 15.6 Å². The molecule has 11 heavy (non-hydrogen) atoms. The van der Waals surface area contributed by atoms with Crippen LogP contribution in [0.5, 0.6) is 0 Å². The average Bonchev–Trinajstić information content (AvgIpc) is 2.31. The number of hydrogen-bond donors (Lipinski definition) is 0. The van der Waals surface area contributed by atoms with Gasteiger partial charge in [-0.15, -0.1) is 0 Å². The maximum absolute atomic E-state index is 4.38. The zero-order valence-corrected chi connectivity index (χ0v) is 6.91. The summed E-state index contributed by atoms with van der Waals surface area (Å²) in [5, 5.41) is 6.39. The van der Waals surface area contributed by atoms with Crippen molar-refractivity contribution in [3.63, 3.8) is 0 Å². The van der Waals surface area contributed by atoms with Gasteiger partial charge in [-0.05, 0) is 13.0 Å². The molecule has 1 aliphatic heterocycles. The van der Waals surface area contributed by atoms with Crippen molar-refractivity contribution in [1.29, 1.82) is 0 Å². The third-order valence-corrected chi connectivity index (χ3v) is 2.27. The fourth-order valence-electron chi connectivity index (χ4n) is 1.61. The Hall–Kier alpha value is -1.05. The van der Waals surface area contributed by atoms with Crippen LogP contribution in [0.15, 0.2) is 28.9 Å². The Labute approximate surface area is 66.9 Å². The molecule has 2 nitrogen and oxygen atoms in total. The summed E-state index contributed by atoms with van der Waals surface area (Å²) in [5.41, 5.74) is 2.64. The molecule has 0 N–H and O–H groups in total. The van der Waals surface area contributed by atoms with Gasteiger partial charge in [-0.3, -0.25) is 5.01 Å². The van der Waals surface area contributed by atoms with Crippen molar-refractivity contribution in [2.24, 2.45) is 11.0 Å². The Balaban J connectivity index is 2.33. The van der Waals surface area contributed by atoms with Gasteiger partial charge in [0.25, 0.3) is 0 Å². The van der Waals surface area contributed by atoms with Crippen molar-refractivity contribution >= 4 is 5.71 Å². The molecule has 1 heterocycles. The zero-order chi connectivity index (χ0) is 7.84. The Morgan fingerprint density at radius 3 is 3.18 bits per heavy atom. The van der Waals surface area contributed by atoms with Gasteiger partial charge in [-0.2, -0.15) is 5.10 Å². The third-order valence-electron chi connectivity index (χ3n) is 2.27. The van der Waals surface area contributed by atoms with E-state index in [1.54, 1.807) is 0 Å². The van der Waals surface area contributed by atoms with Gasteiger partial charge < -0.3 is 0 Å². The molecule has 2 rings (SSSR count). The van der Waals surface area contributed by atoms with E-state index >= 15 is 0 Å². The molecular weight excluding hydrogens is 136 g/mol. The van der Waals surface area contributed by atoms with Crippen LogP contribution in [0.25, 0.3) is 0 Å². The van der Waals surface area contributed by atoms with Crippen molar-refractivity contribution in [2.75, 3.05) is 13.6 Å². The van der Waals surface area contributed by atoms with E-state index in [9.17, 15) is 0 Å². The summed E-state index contributed by atoms with van der Waals surface area (Å²) in [6.45, 7) is 3.21. The van der Waals surface area contributed by atoms with E-state index in [2.05, 4.69) is 30.3 Å². The van der Waals surface area contributed by atoms with E-state index in [1.165, 1.54) is 11.3 Å². The molecule has 0 aromatic carbocycles. The molecule has 0 amide bonds. The molecule has 0 saturated carbocycles. The summed E-state index contributed by atoms with van der Waals surface area (Å²) >= 11 is 0. The van der Waals surface area contributed by atoms with Gasteiger partial charge in [0.2, 0.25) is 0 Å². The van der Waals surface area contributed by atoms with E-state index in [4.69, 9.17) is 0 Å². The van der Waals surface area contributed by atoms with Gasteiger partial charge in [0.15, 0.2) is 0 Å². The van der Waals surface area contributed by atoms with Crippen LogP contribution < -0.4 is 0 Å². The molecule has 0 saturated heterocycles. The quantitative estimate of drug-likeness (QED) is 0.507. The van der Waals surface area contributed by atoms with Crippen molar-refractivity contribution < 1.29 is 0 Å². The van der Waals surface area contributed by atoms with E-state index in [0.29, 0.717) is 5.92 Å². The molecule has 0 aromatic rings. The van der Waals surface area contributed by atoms with Gasteiger partial charge in [0.05, 0.1) is 5.71 Å². The molecule has 2 aliphatic rings. The largest absolute Gasteiger partial charge is 0.299 e. The summed E-state index contributed by atoms with van der Waals surface area (Å²) < 4.78 is 0. The standard InChI is InChI=1S/C9H12N2/c1-7-4-3-5-9-8(7)6-11(2)10-9/h3-5,8H,6H2,1-2H3. The number of allylic oxidation sites excluding steroid dienone is 3. The molecule has 58 valence electrons. The van der Waals surface area contributed by atoms with Gasteiger partial charge >= 0.3 is 0 Å². The number of rotatable bonds is 0. The first-order chi connectivity index (χ1) is 5.27. The molecule has 0 radical (unpaired) electrons. The Morgan fingerprint density at radius 2 is 2.45 bits per heavy atom. The average molecular weight is 148 g/mol. The van der Waals surface area contributed by atoms with E-state index in [0.717, 1.165) is 6.54 Å². The van der Waals surface area contributed by atoms with Crippen molar-refractivity contribution in [2.45, 2.75) is 6.92 Å². The lowest BCUT2D eigenvalue weighted by molar-refractivity contribution is 0.372. The van der Waals surface area contributed by atoms with Gasteiger partial charge in [-0.25, -0.2) is 0 Å². The van der Waals surface area contributed by atoms with E-state index < -0.39 is 0 Å². The van der Waals surface area contributed by atoms with Crippen LogP contribution >= 0.6 is 0 Å². The predicted molar refractivity (Wildman–Crippen MR) is 46.5 cm³/mol. The maximum Gasteiger partial charge on any atom is 0.0695 e. The Morgan fingerprint density at radius 1 is 1.64 bits per heavy atom. The fraction of sp³-hybridized carbons (Fsp3) is 0.444. The van der Waals surface area contributed by atoms with E-state index in [1.807, 2.05) is 12.1 Å². The molecule has 0 spiro atoms. The molecular formula is C9H12N2. The third kappa shape index (κ3) is 0.985. The Bertz CT molecular complexity index is 261. The second-order valence-corrected chi connectivity index (χ2v) is 3.19. The molecule has 2 heteroatoms. The first kappa shape index (κ1) is 6.65. The number of fused-ring (bicyclic) bond motifs is 1. The minimum atomic E-state index is 0.560. The van der Waals surface area contributed by atoms with Crippen LogP contribution in [-0.4, -0.2) is 24.3 Å². The summed E-state index contributed by atoms with van der Waals surface area (Å²) in [4.78, 5) is 0. The minimum absolute atomic E-state index is 0.560. The summed E-state index contributed by atoms with van der Waals surface area (Å²) in [5.74, 6) is 0.560. The van der Waals surface area contributed by atoms with Crippen LogP contribution in [0.4, 0.5) is 0 Å². The molecule has 0 fully saturated rings. The molecule has 1 atom stereocenters. The molecule has 1 unspecified atom stereocenters. The van der Waals surface area contributed by atoms with Crippen LogP contribution in [-0.2, 0) is 0 Å². The Kier molecular flexibility index (Phi) is 1.34. The second-order valence-electron chi connectivity index (χ2n) is 3.19. The highest BCUT2D eigenvalue weighted by atomic mass is 15.5. The van der Waals surface area contributed by atoms with Crippen LogP contribution in [0.2, 0.25) is 0 Å². The highest BCUT2D eigenvalue weighted by Gasteiger charge is 2.25. The lowest BCUT2D eigenvalue weighted by Crippen LogP contribution is -2.18. The SMILES string of the molecule is CC1=CC=CC2=NN(C)CC12. The normalized spacial score (nSPS) is 28.2. The minimum Gasteiger partial charge on any atom is -0.299 e. The van der Waals surface area contributed by atoms with Gasteiger partial charge in [0.1, 0.15) is 0 Å². The zero-order valence-electron chi connectivity index (χ0n) is 6.91. The van der Waals surface area contributed by atoms with Crippen LogP contribution in [0.3, 0.4) is 0 Å².